The summed E-state index contributed by atoms with van der Waals surface area (Å²) in [6.07, 6.45) is 1.58. The monoisotopic (exact) mass is 471 g/mol. The summed E-state index contributed by atoms with van der Waals surface area (Å²) in [5.41, 5.74) is 4.60. The Hall–Kier alpha value is -3.01. The van der Waals surface area contributed by atoms with Gasteiger partial charge in [0, 0.05) is 26.2 Å². The number of oxazole rings is 1. The Labute approximate surface area is 196 Å². The Balaban J connectivity index is 1.70. The molecule has 0 fully saturated rings. The minimum absolute atomic E-state index is 0.191. The lowest BCUT2D eigenvalue weighted by atomic mass is 10.1. The molecule has 0 spiro atoms. The standard InChI is InChI=1S/C24H29N3O5S/c1-16-9-10-17(2)22(11-16)23-25-20(15-32-23)14-31-21-8-6-7-19(12-21)13-27(18(3)24(28)29)33(30)26(4)5/h6-12,15,18H,13-14H2,1-5H3,(H,28,29)/t18-,33?/m0/s1. The van der Waals surface area contributed by atoms with Crippen LogP contribution in [0.4, 0.5) is 0 Å². The summed E-state index contributed by atoms with van der Waals surface area (Å²) in [5, 5.41) is 9.41. The second kappa shape index (κ2) is 10.7. The fourth-order valence-electron chi connectivity index (χ4n) is 3.19. The lowest BCUT2D eigenvalue weighted by Crippen LogP contribution is -2.43. The van der Waals surface area contributed by atoms with E-state index in [4.69, 9.17) is 9.15 Å². The Kier molecular flexibility index (Phi) is 8.01. The molecule has 8 nitrogen and oxygen atoms in total. The molecule has 33 heavy (non-hydrogen) atoms. The van der Waals surface area contributed by atoms with E-state index in [1.807, 2.05) is 50.2 Å². The average Bonchev–Trinajstić information content (AvgIpc) is 3.25. The maximum absolute atomic E-state index is 12.6. The number of hydrogen-bond donors (Lipinski definition) is 1. The highest BCUT2D eigenvalue weighted by Gasteiger charge is 2.27. The highest BCUT2D eigenvalue weighted by atomic mass is 32.2. The van der Waals surface area contributed by atoms with Crippen molar-refractivity contribution in [3.8, 4) is 17.2 Å². The van der Waals surface area contributed by atoms with Crippen LogP contribution < -0.4 is 4.74 Å². The summed E-state index contributed by atoms with van der Waals surface area (Å²) in [4.78, 5) is 16.0. The predicted molar refractivity (Wildman–Crippen MR) is 127 cm³/mol. The summed E-state index contributed by atoms with van der Waals surface area (Å²) >= 11 is -1.60. The van der Waals surface area contributed by atoms with E-state index in [9.17, 15) is 14.1 Å². The predicted octanol–water partition coefficient (Wildman–Crippen LogP) is 3.95. The quantitative estimate of drug-likeness (QED) is 0.481. The molecule has 2 atom stereocenters. The van der Waals surface area contributed by atoms with Crippen molar-refractivity contribution in [1.82, 2.24) is 13.6 Å². The zero-order valence-electron chi connectivity index (χ0n) is 19.4. The number of carboxylic acids is 1. The van der Waals surface area contributed by atoms with Crippen molar-refractivity contribution in [2.45, 2.75) is 40.0 Å². The molecule has 0 aliphatic carbocycles. The van der Waals surface area contributed by atoms with Crippen LogP contribution in [0, 0.1) is 13.8 Å². The van der Waals surface area contributed by atoms with Gasteiger partial charge in [-0.1, -0.05) is 29.8 Å². The van der Waals surface area contributed by atoms with Crippen LogP contribution in [0.1, 0.15) is 29.3 Å². The van der Waals surface area contributed by atoms with E-state index < -0.39 is 23.2 Å². The molecule has 0 bridgehead atoms. The van der Waals surface area contributed by atoms with Crippen molar-refractivity contribution in [2.75, 3.05) is 14.1 Å². The van der Waals surface area contributed by atoms with Gasteiger partial charge in [-0.05, 0) is 50.1 Å². The molecule has 0 aliphatic heterocycles. The number of benzene rings is 2. The Morgan fingerprint density at radius 1 is 1.21 bits per heavy atom. The SMILES string of the molecule is Cc1ccc(C)c(-c2nc(COc3cccc(CN([C@@H](C)C(=O)O)S(=O)N(C)C)c3)co2)c1. The number of carboxylic acid groups (broad SMARTS) is 1. The molecule has 0 amide bonds. The molecule has 0 saturated heterocycles. The molecule has 176 valence electrons. The average molecular weight is 472 g/mol. The van der Waals surface area contributed by atoms with Gasteiger partial charge in [0.05, 0.1) is 0 Å². The molecule has 9 heteroatoms. The van der Waals surface area contributed by atoms with Crippen LogP contribution in [0.15, 0.2) is 53.1 Å². The van der Waals surface area contributed by atoms with Crippen molar-refractivity contribution in [3.63, 3.8) is 0 Å². The summed E-state index contributed by atoms with van der Waals surface area (Å²) in [7, 11) is 3.28. The largest absolute Gasteiger partial charge is 0.487 e. The zero-order chi connectivity index (χ0) is 24.1. The lowest BCUT2D eigenvalue weighted by Gasteiger charge is -2.27. The number of hydrogen-bond acceptors (Lipinski definition) is 5. The lowest BCUT2D eigenvalue weighted by molar-refractivity contribution is -0.140. The van der Waals surface area contributed by atoms with E-state index in [1.165, 1.54) is 15.5 Å². The minimum atomic E-state index is -1.60. The van der Waals surface area contributed by atoms with Gasteiger partial charge in [-0.15, -0.1) is 0 Å². The van der Waals surface area contributed by atoms with Crippen LogP contribution in [0.2, 0.25) is 0 Å². The van der Waals surface area contributed by atoms with E-state index in [0.29, 0.717) is 17.3 Å². The van der Waals surface area contributed by atoms with E-state index in [-0.39, 0.29) is 13.2 Å². The van der Waals surface area contributed by atoms with Crippen LogP contribution in [-0.2, 0) is 29.1 Å². The molecule has 1 N–H and O–H groups in total. The number of ether oxygens (including phenoxy) is 1. The number of aliphatic carboxylic acids is 1. The number of aryl methyl sites for hydroxylation is 2. The third-order valence-corrected chi connectivity index (χ3v) is 6.57. The van der Waals surface area contributed by atoms with Gasteiger partial charge < -0.3 is 14.3 Å². The fraction of sp³-hybridized carbons (Fsp3) is 0.333. The normalized spacial score (nSPS) is 13.3. The minimum Gasteiger partial charge on any atom is -0.487 e. The number of nitrogens with zero attached hydrogens (tertiary/aromatic N) is 3. The summed E-state index contributed by atoms with van der Waals surface area (Å²) in [6.45, 7) is 5.96. The molecule has 1 unspecified atom stereocenters. The molecule has 1 heterocycles. The molecule has 3 aromatic rings. The maximum atomic E-state index is 12.6. The van der Waals surface area contributed by atoms with Gasteiger partial charge in [0.1, 0.15) is 30.4 Å². The smallest absolute Gasteiger partial charge is 0.321 e. The fourth-order valence-corrected chi connectivity index (χ4v) is 4.23. The highest BCUT2D eigenvalue weighted by Crippen LogP contribution is 2.25. The molecular formula is C24H29N3O5S. The van der Waals surface area contributed by atoms with E-state index >= 15 is 0 Å². The third kappa shape index (κ3) is 6.28. The van der Waals surface area contributed by atoms with Crippen molar-refractivity contribution >= 4 is 17.1 Å². The van der Waals surface area contributed by atoms with Crippen LogP contribution in [-0.4, -0.2) is 49.0 Å². The first-order chi connectivity index (χ1) is 15.7. The second-order valence-corrected chi connectivity index (χ2v) is 9.69. The van der Waals surface area contributed by atoms with Gasteiger partial charge in [0.15, 0.2) is 11.2 Å². The Morgan fingerprint density at radius 3 is 2.67 bits per heavy atom. The Morgan fingerprint density at radius 2 is 1.97 bits per heavy atom. The van der Waals surface area contributed by atoms with Crippen LogP contribution >= 0.6 is 0 Å². The highest BCUT2D eigenvalue weighted by molar-refractivity contribution is 7.80. The van der Waals surface area contributed by atoms with E-state index in [2.05, 4.69) is 4.98 Å². The van der Waals surface area contributed by atoms with Gasteiger partial charge in [-0.25, -0.2) is 13.5 Å². The van der Waals surface area contributed by atoms with Gasteiger partial charge >= 0.3 is 5.97 Å². The first-order valence-corrected chi connectivity index (χ1v) is 11.5. The van der Waals surface area contributed by atoms with E-state index in [1.54, 1.807) is 26.4 Å². The van der Waals surface area contributed by atoms with Gasteiger partial charge in [0.25, 0.3) is 0 Å². The molecule has 0 radical (unpaired) electrons. The topological polar surface area (TPSA) is 96.1 Å². The van der Waals surface area contributed by atoms with Gasteiger partial charge in [0.2, 0.25) is 5.89 Å². The molecule has 0 aliphatic rings. The molecule has 0 saturated carbocycles. The second-order valence-electron chi connectivity index (χ2n) is 8.03. The summed E-state index contributed by atoms with van der Waals surface area (Å²) in [6, 6.07) is 12.5. The number of carbonyl (C=O) groups is 1. The summed E-state index contributed by atoms with van der Waals surface area (Å²) < 4.78 is 27.0. The first kappa shape index (κ1) is 24.6. The van der Waals surface area contributed by atoms with Crippen molar-refractivity contribution in [3.05, 3.63) is 71.1 Å². The number of aromatic nitrogens is 1. The molecule has 3 rings (SSSR count). The molecule has 2 aromatic carbocycles. The van der Waals surface area contributed by atoms with Crippen molar-refractivity contribution in [1.29, 1.82) is 0 Å². The van der Waals surface area contributed by atoms with E-state index in [0.717, 1.165) is 22.3 Å². The van der Waals surface area contributed by atoms with Gasteiger partial charge in [-0.3, -0.25) is 4.79 Å². The van der Waals surface area contributed by atoms with Crippen molar-refractivity contribution in [2.24, 2.45) is 0 Å². The number of rotatable bonds is 10. The first-order valence-electron chi connectivity index (χ1n) is 10.5. The van der Waals surface area contributed by atoms with Crippen molar-refractivity contribution < 1.29 is 23.3 Å². The summed E-state index contributed by atoms with van der Waals surface area (Å²) in [5.74, 6) is 0.110. The van der Waals surface area contributed by atoms with Crippen LogP contribution in [0.5, 0.6) is 5.75 Å². The molecule has 1 aromatic heterocycles. The van der Waals surface area contributed by atoms with Crippen LogP contribution in [0.3, 0.4) is 0 Å². The Bertz CT molecular complexity index is 1140. The maximum Gasteiger partial charge on any atom is 0.321 e. The van der Waals surface area contributed by atoms with Crippen LogP contribution in [0.25, 0.3) is 11.5 Å². The molecular weight excluding hydrogens is 442 g/mol. The van der Waals surface area contributed by atoms with Gasteiger partial charge in [-0.2, -0.15) is 4.31 Å². The zero-order valence-corrected chi connectivity index (χ0v) is 20.3. The third-order valence-electron chi connectivity index (χ3n) is 5.10.